The standard InChI is InChI=1S/C27H40O4/c1-4-5-6-7-8-9-25(30)31-23-17-19-20-10-11-24(29)27(20,3)15-13-21(19)26(2)14-12-18(28)16-22(23)26/h16,19-21,23H,4-15,17H2,1-3H3/t19-,20-,21-,23-,26+,27-/m0/s1. The quantitative estimate of drug-likeness (QED) is 0.370. The van der Waals surface area contributed by atoms with Crippen LogP contribution in [-0.4, -0.2) is 23.6 Å². The van der Waals surface area contributed by atoms with Crippen LogP contribution in [0.4, 0.5) is 0 Å². The summed E-state index contributed by atoms with van der Waals surface area (Å²) >= 11 is 0. The summed E-state index contributed by atoms with van der Waals surface area (Å²) in [5, 5.41) is 0. The van der Waals surface area contributed by atoms with Crippen LogP contribution >= 0.6 is 0 Å². The Hall–Kier alpha value is -1.45. The predicted octanol–water partition coefficient (Wildman–Crippen LogP) is 5.97. The zero-order chi connectivity index (χ0) is 22.2. The fourth-order valence-electron chi connectivity index (χ4n) is 7.55. The summed E-state index contributed by atoms with van der Waals surface area (Å²) in [5.41, 5.74) is 0.782. The molecule has 0 amide bonds. The molecule has 6 atom stereocenters. The molecule has 0 unspecified atom stereocenters. The Kier molecular flexibility index (Phi) is 6.47. The lowest BCUT2D eigenvalue weighted by Gasteiger charge is -2.58. The van der Waals surface area contributed by atoms with Crippen LogP contribution in [0.3, 0.4) is 0 Å². The predicted molar refractivity (Wildman–Crippen MR) is 120 cm³/mol. The van der Waals surface area contributed by atoms with Crippen LogP contribution in [0.2, 0.25) is 0 Å². The minimum absolute atomic E-state index is 0.0874. The lowest BCUT2D eigenvalue weighted by atomic mass is 9.47. The van der Waals surface area contributed by atoms with Gasteiger partial charge in [-0.25, -0.2) is 0 Å². The van der Waals surface area contributed by atoms with Crippen molar-refractivity contribution in [2.24, 2.45) is 28.6 Å². The normalized spacial score (nSPS) is 39.4. The molecule has 172 valence electrons. The second-order valence-electron chi connectivity index (χ2n) is 11.2. The summed E-state index contributed by atoms with van der Waals surface area (Å²) in [5.74, 6) is 1.76. The van der Waals surface area contributed by atoms with Gasteiger partial charge in [-0.2, -0.15) is 0 Å². The summed E-state index contributed by atoms with van der Waals surface area (Å²) in [6.45, 7) is 6.67. The minimum Gasteiger partial charge on any atom is -0.458 e. The van der Waals surface area contributed by atoms with Crippen molar-refractivity contribution in [3.8, 4) is 0 Å². The SMILES string of the molecule is CCCCCCCC(=O)O[C@H]1C[C@@H]2[C@H](CC[C@]3(C)C(=O)CC[C@@H]23)[C@@]2(C)CCC(=O)C=C12. The average Bonchev–Trinajstić information content (AvgIpc) is 3.04. The van der Waals surface area contributed by atoms with E-state index in [1.54, 1.807) is 0 Å². The fraction of sp³-hybridized carbons (Fsp3) is 0.815. The van der Waals surface area contributed by atoms with E-state index in [2.05, 4.69) is 20.8 Å². The highest BCUT2D eigenvalue weighted by Crippen LogP contribution is 2.64. The maximum absolute atomic E-state index is 12.7. The molecule has 4 rings (SSSR count). The highest BCUT2D eigenvalue weighted by atomic mass is 16.5. The maximum atomic E-state index is 12.7. The Labute approximate surface area is 187 Å². The van der Waals surface area contributed by atoms with Crippen molar-refractivity contribution in [3.05, 3.63) is 11.6 Å². The topological polar surface area (TPSA) is 60.4 Å². The van der Waals surface area contributed by atoms with Crippen LogP contribution < -0.4 is 0 Å². The summed E-state index contributed by atoms with van der Waals surface area (Å²) in [7, 11) is 0. The number of hydrogen-bond donors (Lipinski definition) is 0. The number of fused-ring (bicyclic) bond motifs is 5. The molecular weight excluding hydrogens is 388 g/mol. The smallest absolute Gasteiger partial charge is 0.306 e. The van der Waals surface area contributed by atoms with Gasteiger partial charge in [-0.05, 0) is 73.3 Å². The number of carbonyl (C=O) groups is 3. The summed E-state index contributed by atoms with van der Waals surface area (Å²) < 4.78 is 6.09. The number of ketones is 2. The first kappa shape index (κ1) is 22.7. The van der Waals surface area contributed by atoms with E-state index in [1.165, 1.54) is 19.3 Å². The first-order valence-electron chi connectivity index (χ1n) is 12.8. The van der Waals surface area contributed by atoms with Gasteiger partial charge in [0.2, 0.25) is 0 Å². The van der Waals surface area contributed by atoms with Gasteiger partial charge in [-0.15, -0.1) is 0 Å². The van der Waals surface area contributed by atoms with Crippen LogP contribution in [0.15, 0.2) is 11.6 Å². The first-order valence-corrected chi connectivity index (χ1v) is 12.8. The number of ether oxygens (including phenoxy) is 1. The molecule has 0 spiro atoms. The Morgan fingerprint density at radius 3 is 2.52 bits per heavy atom. The first-order chi connectivity index (χ1) is 14.8. The van der Waals surface area contributed by atoms with Gasteiger partial charge in [0.1, 0.15) is 11.9 Å². The van der Waals surface area contributed by atoms with Crippen molar-refractivity contribution in [1.29, 1.82) is 0 Å². The van der Waals surface area contributed by atoms with E-state index in [1.807, 2.05) is 6.08 Å². The molecule has 0 aromatic rings. The Balaban J connectivity index is 1.53. The number of rotatable bonds is 7. The molecule has 0 aromatic heterocycles. The number of Topliss-reactive ketones (excluding diaryl/α,β-unsaturated/α-hetero) is 1. The molecule has 3 fully saturated rings. The van der Waals surface area contributed by atoms with Crippen molar-refractivity contribution in [2.75, 3.05) is 0 Å². The third-order valence-corrected chi connectivity index (χ3v) is 9.42. The van der Waals surface area contributed by atoms with Crippen molar-refractivity contribution in [2.45, 2.75) is 110 Å². The molecule has 0 heterocycles. The molecule has 3 saturated carbocycles. The molecule has 0 N–H and O–H groups in total. The van der Waals surface area contributed by atoms with Crippen LogP contribution in [0.25, 0.3) is 0 Å². The molecular formula is C27H40O4. The summed E-state index contributed by atoms with van der Waals surface area (Å²) in [4.78, 5) is 37.8. The van der Waals surface area contributed by atoms with Gasteiger partial charge in [-0.1, -0.05) is 46.5 Å². The molecule has 0 aromatic carbocycles. The second-order valence-corrected chi connectivity index (χ2v) is 11.2. The van der Waals surface area contributed by atoms with E-state index >= 15 is 0 Å². The molecule has 0 saturated heterocycles. The van der Waals surface area contributed by atoms with Crippen LogP contribution in [0.5, 0.6) is 0 Å². The van der Waals surface area contributed by atoms with Crippen LogP contribution in [0, 0.1) is 28.6 Å². The second kappa shape index (κ2) is 8.83. The summed E-state index contributed by atoms with van der Waals surface area (Å²) in [6.07, 6.45) is 13.4. The molecule has 0 aliphatic heterocycles. The molecule has 0 radical (unpaired) electrons. The van der Waals surface area contributed by atoms with Gasteiger partial charge in [-0.3, -0.25) is 14.4 Å². The molecule has 4 aliphatic rings. The van der Waals surface area contributed by atoms with E-state index in [-0.39, 0.29) is 28.7 Å². The van der Waals surface area contributed by atoms with Crippen molar-refractivity contribution >= 4 is 17.5 Å². The van der Waals surface area contributed by atoms with E-state index in [0.29, 0.717) is 42.8 Å². The highest BCUT2D eigenvalue weighted by Gasteiger charge is 2.61. The number of esters is 1. The molecule has 4 heteroatoms. The van der Waals surface area contributed by atoms with E-state index in [4.69, 9.17) is 4.74 Å². The van der Waals surface area contributed by atoms with E-state index in [0.717, 1.165) is 50.5 Å². The van der Waals surface area contributed by atoms with Gasteiger partial charge in [0, 0.05) is 24.7 Å². The zero-order valence-electron chi connectivity index (χ0n) is 19.7. The fourth-order valence-corrected chi connectivity index (χ4v) is 7.55. The third-order valence-electron chi connectivity index (χ3n) is 9.42. The monoisotopic (exact) mass is 428 g/mol. The minimum atomic E-state index is -0.295. The van der Waals surface area contributed by atoms with E-state index in [9.17, 15) is 14.4 Å². The van der Waals surface area contributed by atoms with Crippen molar-refractivity contribution < 1.29 is 19.1 Å². The maximum Gasteiger partial charge on any atom is 0.306 e. The molecule has 0 bridgehead atoms. The van der Waals surface area contributed by atoms with Crippen LogP contribution in [0.1, 0.15) is 104 Å². The molecule has 4 aliphatic carbocycles. The number of carbonyl (C=O) groups excluding carboxylic acids is 3. The lowest BCUT2D eigenvalue weighted by Crippen LogP contribution is -2.54. The van der Waals surface area contributed by atoms with Gasteiger partial charge in [0.05, 0.1) is 0 Å². The van der Waals surface area contributed by atoms with E-state index < -0.39 is 0 Å². The zero-order valence-corrected chi connectivity index (χ0v) is 19.7. The lowest BCUT2D eigenvalue weighted by molar-refractivity contribution is -0.156. The molecule has 31 heavy (non-hydrogen) atoms. The van der Waals surface area contributed by atoms with Crippen LogP contribution in [-0.2, 0) is 19.1 Å². The summed E-state index contributed by atoms with van der Waals surface area (Å²) in [6, 6.07) is 0. The van der Waals surface area contributed by atoms with Crippen molar-refractivity contribution in [3.63, 3.8) is 0 Å². The van der Waals surface area contributed by atoms with Gasteiger partial charge >= 0.3 is 5.97 Å². The van der Waals surface area contributed by atoms with Gasteiger partial charge < -0.3 is 4.74 Å². The third kappa shape index (κ3) is 4.04. The number of hydrogen-bond acceptors (Lipinski definition) is 4. The van der Waals surface area contributed by atoms with Gasteiger partial charge in [0.15, 0.2) is 5.78 Å². The highest BCUT2D eigenvalue weighted by molar-refractivity contribution is 5.92. The largest absolute Gasteiger partial charge is 0.458 e. The molecule has 4 nitrogen and oxygen atoms in total. The Bertz CT molecular complexity index is 767. The Morgan fingerprint density at radius 2 is 1.74 bits per heavy atom. The van der Waals surface area contributed by atoms with Gasteiger partial charge in [0.25, 0.3) is 0 Å². The van der Waals surface area contributed by atoms with Crippen molar-refractivity contribution in [1.82, 2.24) is 0 Å². The average molecular weight is 429 g/mol. The number of unbranched alkanes of at least 4 members (excludes halogenated alkanes) is 4. The Morgan fingerprint density at radius 1 is 1.00 bits per heavy atom.